The lowest BCUT2D eigenvalue weighted by atomic mass is 10.0. The molecule has 1 rings (SSSR count). The average Bonchev–Trinajstić information content (AvgIpc) is 1.88. The lowest BCUT2D eigenvalue weighted by Gasteiger charge is -2.24. The summed E-state index contributed by atoms with van der Waals surface area (Å²) in [5.41, 5.74) is 0. The van der Waals surface area contributed by atoms with Crippen LogP contribution < -0.4 is 5.32 Å². The number of nitrogens with one attached hydrogen (secondary N) is 1. The molecule has 1 aliphatic rings. The number of piperidine rings is 1. The van der Waals surface area contributed by atoms with E-state index in [9.17, 15) is 4.79 Å². The van der Waals surface area contributed by atoms with Gasteiger partial charge in [0.1, 0.15) is 6.29 Å². The summed E-state index contributed by atoms with van der Waals surface area (Å²) in [6, 6.07) is 0.669. The minimum absolute atomic E-state index is 0.133. The third-order valence-corrected chi connectivity index (χ3v) is 1.82. The highest BCUT2D eigenvalue weighted by atomic mass is 16.1. The second-order valence-corrected chi connectivity index (χ2v) is 2.74. The van der Waals surface area contributed by atoms with Gasteiger partial charge in [0.15, 0.2) is 0 Å². The number of carbonyl (C=O) groups excluding carboxylic acids is 1. The number of rotatable bonds is 1. The molecule has 0 aromatic heterocycles. The minimum atomic E-state index is 0.133. The summed E-state index contributed by atoms with van der Waals surface area (Å²) >= 11 is 0. The Balaban J connectivity index is 2.31. The molecule has 0 saturated carbocycles. The van der Waals surface area contributed by atoms with E-state index in [1.165, 1.54) is 12.8 Å². The van der Waals surface area contributed by atoms with Crippen molar-refractivity contribution in [3.8, 4) is 0 Å². The maximum atomic E-state index is 10.2. The van der Waals surface area contributed by atoms with Crippen LogP contribution in [-0.4, -0.2) is 18.4 Å². The summed E-state index contributed by atoms with van der Waals surface area (Å²) in [4.78, 5) is 10.2. The molecular weight excluding hydrogens is 114 g/mol. The molecule has 0 radical (unpaired) electrons. The predicted molar refractivity (Wildman–Crippen MR) is 36.3 cm³/mol. The first-order valence-electron chi connectivity index (χ1n) is 3.54. The Bertz CT molecular complexity index is 103. The second-order valence-electron chi connectivity index (χ2n) is 2.74. The predicted octanol–water partition coefficient (Wildman–Crippen LogP) is 0.716. The van der Waals surface area contributed by atoms with Crippen LogP contribution in [0.15, 0.2) is 0 Å². The van der Waals surface area contributed by atoms with Crippen molar-refractivity contribution in [1.29, 1.82) is 0 Å². The third-order valence-electron chi connectivity index (χ3n) is 1.82. The van der Waals surface area contributed by atoms with Crippen molar-refractivity contribution < 1.29 is 4.79 Å². The maximum Gasteiger partial charge on any atom is 0.136 e. The number of carbonyl (C=O) groups is 1. The lowest BCUT2D eigenvalue weighted by molar-refractivity contribution is -0.110. The maximum absolute atomic E-state index is 10.2. The molecule has 0 aromatic rings. The Morgan fingerprint density at radius 3 is 2.78 bits per heavy atom. The van der Waals surface area contributed by atoms with Gasteiger partial charge in [-0.1, -0.05) is 0 Å². The van der Waals surface area contributed by atoms with E-state index >= 15 is 0 Å². The van der Waals surface area contributed by atoms with Gasteiger partial charge in [0, 0.05) is 6.04 Å². The molecule has 52 valence electrons. The van der Waals surface area contributed by atoms with Crippen molar-refractivity contribution in [3.63, 3.8) is 0 Å². The van der Waals surface area contributed by atoms with E-state index in [0.29, 0.717) is 6.04 Å². The quantitative estimate of drug-likeness (QED) is 0.526. The van der Waals surface area contributed by atoms with Gasteiger partial charge in [-0.25, -0.2) is 0 Å². The highest BCUT2D eigenvalue weighted by Gasteiger charge is 2.15. The van der Waals surface area contributed by atoms with Crippen molar-refractivity contribution in [3.05, 3.63) is 0 Å². The van der Waals surface area contributed by atoms with Gasteiger partial charge in [0.2, 0.25) is 0 Å². The van der Waals surface area contributed by atoms with Gasteiger partial charge in [-0.3, -0.25) is 0 Å². The molecule has 2 atom stereocenters. The third kappa shape index (κ3) is 1.79. The van der Waals surface area contributed by atoms with E-state index in [1.807, 2.05) is 0 Å². The minimum Gasteiger partial charge on any atom is -0.305 e. The van der Waals surface area contributed by atoms with Crippen molar-refractivity contribution >= 4 is 6.29 Å². The van der Waals surface area contributed by atoms with Crippen molar-refractivity contribution in [2.45, 2.75) is 38.3 Å². The first-order valence-corrected chi connectivity index (χ1v) is 3.54. The summed E-state index contributed by atoms with van der Waals surface area (Å²) in [5.74, 6) is 0. The highest BCUT2D eigenvalue weighted by Crippen LogP contribution is 2.09. The zero-order valence-corrected chi connectivity index (χ0v) is 5.76. The molecule has 1 heterocycles. The van der Waals surface area contributed by atoms with Crippen LogP contribution in [-0.2, 0) is 4.79 Å². The molecule has 1 fully saturated rings. The van der Waals surface area contributed by atoms with E-state index in [4.69, 9.17) is 0 Å². The van der Waals surface area contributed by atoms with Crippen LogP contribution >= 0.6 is 0 Å². The molecular formula is C7H13NO. The van der Waals surface area contributed by atoms with Crippen LogP contribution in [0, 0.1) is 0 Å². The van der Waals surface area contributed by atoms with Crippen LogP contribution in [0.3, 0.4) is 0 Å². The van der Waals surface area contributed by atoms with Gasteiger partial charge in [-0.05, 0) is 26.2 Å². The summed E-state index contributed by atoms with van der Waals surface area (Å²) in [6.07, 6.45) is 4.44. The molecule has 2 heteroatoms. The van der Waals surface area contributed by atoms with Crippen LogP contribution in [0.2, 0.25) is 0 Å². The van der Waals surface area contributed by atoms with E-state index in [1.54, 1.807) is 0 Å². The largest absolute Gasteiger partial charge is 0.305 e. The lowest BCUT2D eigenvalue weighted by Crippen LogP contribution is -2.41. The van der Waals surface area contributed by atoms with Crippen LogP contribution in [0.1, 0.15) is 26.2 Å². The summed E-state index contributed by atoms with van der Waals surface area (Å²) in [7, 11) is 0. The highest BCUT2D eigenvalue weighted by molar-refractivity contribution is 5.57. The van der Waals surface area contributed by atoms with Crippen LogP contribution in [0.25, 0.3) is 0 Å². The standard InChI is InChI=1S/C7H13NO/c1-6-3-2-4-7(5-9)8-6/h5-8H,2-4H2,1H3/t6-,7-/m0/s1. The van der Waals surface area contributed by atoms with Crippen LogP contribution in [0.5, 0.6) is 0 Å². The molecule has 0 aliphatic carbocycles. The van der Waals surface area contributed by atoms with Gasteiger partial charge in [0.25, 0.3) is 0 Å². The van der Waals surface area contributed by atoms with Gasteiger partial charge in [-0.15, -0.1) is 0 Å². The summed E-state index contributed by atoms with van der Waals surface area (Å²) in [5, 5.41) is 3.20. The Hall–Kier alpha value is -0.370. The van der Waals surface area contributed by atoms with E-state index in [2.05, 4.69) is 12.2 Å². The van der Waals surface area contributed by atoms with Crippen molar-refractivity contribution in [2.24, 2.45) is 0 Å². The fourth-order valence-electron chi connectivity index (χ4n) is 1.28. The Morgan fingerprint density at radius 2 is 2.33 bits per heavy atom. The fraction of sp³-hybridized carbons (Fsp3) is 0.857. The molecule has 0 bridgehead atoms. The first kappa shape index (κ1) is 6.75. The van der Waals surface area contributed by atoms with Gasteiger partial charge in [0.05, 0.1) is 6.04 Å². The molecule has 9 heavy (non-hydrogen) atoms. The summed E-state index contributed by atoms with van der Waals surface area (Å²) < 4.78 is 0. The molecule has 0 unspecified atom stereocenters. The van der Waals surface area contributed by atoms with Crippen molar-refractivity contribution in [2.75, 3.05) is 0 Å². The van der Waals surface area contributed by atoms with Crippen LogP contribution in [0.4, 0.5) is 0 Å². The second kappa shape index (κ2) is 2.97. The molecule has 0 amide bonds. The van der Waals surface area contributed by atoms with Gasteiger partial charge < -0.3 is 10.1 Å². The topological polar surface area (TPSA) is 29.1 Å². The molecule has 1 saturated heterocycles. The normalized spacial score (nSPS) is 36.1. The Labute approximate surface area is 55.6 Å². The molecule has 1 N–H and O–H groups in total. The monoisotopic (exact) mass is 127 g/mol. The molecule has 0 spiro atoms. The molecule has 2 nitrogen and oxygen atoms in total. The molecule has 1 aliphatic heterocycles. The zero-order chi connectivity index (χ0) is 6.69. The SMILES string of the molecule is C[C@H]1CCC[C@@H](C=O)N1. The smallest absolute Gasteiger partial charge is 0.136 e. The number of hydrogen-bond acceptors (Lipinski definition) is 2. The summed E-state index contributed by atoms with van der Waals surface area (Å²) in [6.45, 7) is 2.12. The van der Waals surface area contributed by atoms with Crippen molar-refractivity contribution in [1.82, 2.24) is 5.32 Å². The van der Waals surface area contributed by atoms with E-state index in [0.717, 1.165) is 12.7 Å². The Kier molecular flexibility index (Phi) is 2.22. The molecule has 0 aromatic carbocycles. The Morgan fingerprint density at radius 1 is 1.56 bits per heavy atom. The van der Waals surface area contributed by atoms with Gasteiger partial charge in [-0.2, -0.15) is 0 Å². The zero-order valence-electron chi connectivity index (χ0n) is 5.76. The average molecular weight is 127 g/mol. The number of hydrogen-bond donors (Lipinski definition) is 1. The fourth-order valence-corrected chi connectivity index (χ4v) is 1.28. The van der Waals surface area contributed by atoms with E-state index in [-0.39, 0.29) is 6.04 Å². The first-order chi connectivity index (χ1) is 4.33. The van der Waals surface area contributed by atoms with Gasteiger partial charge >= 0.3 is 0 Å². The number of aldehydes is 1. The van der Waals surface area contributed by atoms with E-state index < -0.39 is 0 Å².